The largest absolute Gasteiger partial charge is 0.454 e. The fraction of sp³-hybridized carbons (Fsp3) is 0.0400. The van der Waals surface area contributed by atoms with Crippen LogP contribution in [0.3, 0.4) is 0 Å². The molecule has 0 aliphatic carbocycles. The molecule has 8 aromatic carbocycles. The molecule has 0 radical (unpaired) electrons. The fourth-order valence-corrected chi connectivity index (χ4v) is 10.3. The molecule has 12 aromatic rings. The molecule has 254 valence electrons. The van der Waals surface area contributed by atoms with Gasteiger partial charge in [0.2, 0.25) is 0 Å². The average molecular weight is 709 g/mol. The molecule has 0 spiro atoms. The van der Waals surface area contributed by atoms with Crippen molar-refractivity contribution in [1.29, 1.82) is 0 Å². The van der Waals surface area contributed by atoms with Crippen LogP contribution in [0, 0.1) is 13.8 Å². The first-order chi connectivity index (χ1) is 26.6. The molecule has 0 atom stereocenters. The molecular formula is C50H32N2OS. The molecule has 4 aromatic heterocycles. The quantitative estimate of drug-likeness (QED) is 0.179. The number of thiophene rings is 1. The monoisotopic (exact) mass is 708 g/mol. The van der Waals surface area contributed by atoms with Crippen LogP contribution in [0.2, 0.25) is 0 Å². The first-order valence-corrected chi connectivity index (χ1v) is 19.3. The van der Waals surface area contributed by atoms with Crippen LogP contribution in [0.25, 0.3) is 108 Å². The molecule has 0 aliphatic rings. The number of furan rings is 1. The molecule has 0 bridgehead atoms. The van der Waals surface area contributed by atoms with Gasteiger partial charge in [-0.2, -0.15) is 0 Å². The van der Waals surface area contributed by atoms with Crippen LogP contribution >= 0.6 is 11.3 Å². The molecule has 0 fully saturated rings. The van der Waals surface area contributed by atoms with Gasteiger partial charge in [-0.25, -0.2) is 0 Å². The maximum Gasteiger partial charge on any atom is 0.159 e. The summed E-state index contributed by atoms with van der Waals surface area (Å²) in [6.07, 6.45) is 0. The van der Waals surface area contributed by atoms with Crippen molar-refractivity contribution < 1.29 is 4.42 Å². The number of rotatable bonds is 3. The van der Waals surface area contributed by atoms with Gasteiger partial charge < -0.3 is 13.6 Å². The number of hydrogen-bond acceptors (Lipinski definition) is 2. The molecular weight excluding hydrogens is 677 g/mol. The van der Waals surface area contributed by atoms with Gasteiger partial charge in [-0.3, -0.25) is 0 Å². The molecule has 0 N–H and O–H groups in total. The minimum atomic E-state index is 0.904. The van der Waals surface area contributed by atoms with Crippen LogP contribution in [0.5, 0.6) is 0 Å². The smallest absolute Gasteiger partial charge is 0.159 e. The Morgan fingerprint density at radius 3 is 1.98 bits per heavy atom. The predicted molar refractivity (Wildman–Crippen MR) is 230 cm³/mol. The van der Waals surface area contributed by atoms with Crippen molar-refractivity contribution in [3.05, 3.63) is 169 Å². The molecule has 54 heavy (non-hydrogen) atoms. The topological polar surface area (TPSA) is 23.0 Å². The Morgan fingerprint density at radius 1 is 0.444 bits per heavy atom. The highest BCUT2D eigenvalue weighted by Crippen LogP contribution is 2.44. The van der Waals surface area contributed by atoms with Crippen LogP contribution in [-0.4, -0.2) is 9.13 Å². The number of fused-ring (bicyclic) bond motifs is 12. The van der Waals surface area contributed by atoms with Crippen LogP contribution < -0.4 is 0 Å². The summed E-state index contributed by atoms with van der Waals surface area (Å²) in [7, 11) is 0. The van der Waals surface area contributed by atoms with E-state index < -0.39 is 0 Å². The number of hydrogen-bond donors (Lipinski definition) is 0. The Balaban J connectivity index is 1.12. The zero-order chi connectivity index (χ0) is 35.7. The molecule has 0 amide bonds. The van der Waals surface area contributed by atoms with E-state index >= 15 is 0 Å². The first kappa shape index (κ1) is 29.9. The Bertz CT molecular complexity index is 3530. The summed E-state index contributed by atoms with van der Waals surface area (Å²) in [5.74, 6) is 0. The van der Waals surface area contributed by atoms with E-state index in [0.717, 1.165) is 27.6 Å². The van der Waals surface area contributed by atoms with Crippen LogP contribution in [0.1, 0.15) is 11.1 Å². The van der Waals surface area contributed by atoms with Crippen molar-refractivity contribution >= 4 is 97.1 Å². The van der Waals surface area contributed by atoms with Gasteiger partial charge in [-0.1, -0.05) is 96.6 Å². The highest BCUT2D eigenvalue weighted by molar-refractivity contribution is 7.26. The number of aromatic nitrogens is 2. The van der Waals surface area contributed by atoms with E-state index in [4.69, 9.17) is 4.42 Å². The van der Waals surface area contributed by atoms with E-state index in [1.807, 2.05) is 17.4 Å². The van der Waals surface area contributed by atoms with Gasteiger partial charge in [0.1, 0.15) is 5.58 Å². The standard InChI is InChI=1S/C50H32N2OS/c1-29-21-23-42-38(25-29)40-27-31(22-24-43(40)51(42)45-18-10-15-36-34-13-5-8-20-48(34)54-50(36)45)37-28-46-39(26-30(37)2)32-11-3-6-16-41(32)52(46)44-17-9-14-35-33-12-4-7-19-47(33)53-49(35)44/h3-28H,1-2H3. The Hall–Kier alpha value is -6.62. The minimum absolute atomic E-state index is 0.904. The predicted octanol–water partition coefficient (Wildman–Crippen LogP) is 14.4. The highest BCUT2D eigenvalue weighted by atomic mass is 32.1. The molecule has 12 rings (SSSR count). The van der Waals surface area contributed by atoms with E-state index in [9.17, 15) is 0 Å². The summed E-state index contributed by atoms with van der Waals surface area (Å²) >= 11 is 1.88. The average Bonchev–Trinajstić information content (AvgIpc) is 3.95. The molecule has 4 heteroatoms. The third-order valence-corrected chi connectivity index (χ3v) is 12.7. The summed E-state index contributed by atoms with van der Waals surface area (Å²) in [5.41, 5.74) is 13.8. The Kier molecular flexibility index (Phi) is 6.07. The SMILES string of the molecule is Cc1ccc2c(c1)c1cc(-c3cc4c(cc3C)c3ccccc3n4-c3cccc4c3oc3ccccc34)ccc1n2-c1cccc2c1sc1ccccc12. The van der Waals surface area contributed by atoms with E-state index in [1.165, 1.54) is 91.7 Å². The van der Waals surface area contributed by atoms with Gasteiger partial charge in [-0.15, -0.1) is 11.3 Å². The van der Waals surface area contributed by atoms with Crippen LogP contribution in [-0.2, 0) is 0 Å². The summed E-state index contributed by atoms with van der Waals surface area (Å²) in [6.45, 7) is 4.44. The minimum Gasteiger partial charge on any atom is -0.454 e. The zero-order valence-electron chi connectivity index (χ0n) is 29.7. The summed E-state index contributed by atoms with van der Waals surface area (Å²) < 4.78 is 14.1. The molecule has 4 heterocycles. The van der Waals surface area contributed by atoms with E-state index in [0.29, 0.717) is 0 Å². The van der Waals surface area contributed by atoms with E-state index in [2.05, 4.69) is 175 Å². The zero-order valence-corrected chi connectivity index (χ0v) is 30.5. The second-order valence-corrected chi connectivity index (χ2v) is 15.7. The lowest BCUT2D eigenvalue weighted by Gasteiger charge is -2.12. The van der Waals surface area contributed by atoms with Crippen molar-refractivity contribution in [3.8, 4) is 22.5 Å². The molecule has 3 nitrogen and oxygen atoms in total. The molecule has 0 saturated carbocycles. The fourth-order valence-electron chi connectivity index (χ4n) is 9.07. The van der Waals surface area contributed by atoms with Crippen LogP contribution in [0.15, 0.2) is 162 Å². The second-order valence-electron chi connectivity index (χ2n) is 14.6. The third-order valence-electron chi connectivity index (χ3n) is 11.5. The van der Waals surface area contributed by atoms with Crippen LogP contribution in [0.4, 0.5) is 0 Å². The summed E-state index contributed by atoms with van der Waals surface area (Å²) in [5, 5.41) is 9.90. The Labute approximate surface area is 314 Å². The number of nitrogens with zero attached hydrogens (tertiary/aromatic N) is 2. The van der Waals surface area contributed by atoms with Gasteiger partial charge in [0.15, 0.2) is 5.58 Å². The highest BCUT2D eigenvalue weighted by Gasteiger charge is 2.21. The third kappa shape index (κ3) is 4.06. The van der Waals surface area contributed by atoms with Gasteiger partial charge in [0.05, 0.1) is 38.1 Å². The van der Waals surface area contributed by atoms with Crippen molar-refractivity contribution in [1.82, 2.24) is 9.13 Å². The lowest BCUT2D eigenvalue weighted by molar-refractivity contribution is 0.666. The van der Waals surface area contributed by atoms with Gasteiger partial charge in [-0.05, 0) is 97.3 Å². The van der Waals surface area contributed by atoms with E-state index in [1.54, 1.807) is 0 Å². The second kappa shape index (κ2) is 11.0. The normalized spacial score (nSPS) is 12.3. The first-order valence-electron chi connectivity index (χ1n) is 18.5. The number of aryl methyl sites for hydroxylation is 2. The number of benzene rings is 8. The molecule has 0 unspecified atom stereocenters. The van der Waals surface area contributed by atoms with Crippen molar-refractivity contribution in [3.63, 3.8) is 0 Å². The molecule has 0 aliphatic heterocycles. The number of para-hydroxylation sites is 3. The van der Waals surface area contributed by atoms with Gasteiger partial charge >= 0.3 is 0 Å². The molecule has 0 saturated heterocycles. The van der Waals surface area contributed by atoms with Gasteiger partial charge in [0.25, 0.3) is 0 Å². The van der Waals surface area contributed by atoms with Crippen molar-refractivity contribution in [2.75, 3.05) is 0 Å². The lowest BCUT2D eigenvalue weighted by Crippen LogP contribution is -1.95. The maximum absolute atomic E-state index is 6.60. The van der Waals surface area contributed by atoms with Crippen molar-refractivity contribution in [2.45, 2.75) is 13.8 Å². The summed E-state index contributed by atoms with van der Waals surface area (Å²) in [6, 6.07) is 57.8. The maximum atomic E-state index is 6.60. The summed E-state index contributed by atoms with van der Waals surface area (Å²) in [4.78, 5) is 0. The van der Waals surface area contributed by atoms with Gasteiger partial charge in [0, 0.05) is 47.8 Å². The lowest BCUT2D eigenvalue weighted by atomic mass is 9.96. The Morgan fingerprint density at radius 2 is 1.09 bits per heavy atom. The van der Waals surface area contributed by atoms with Crippen molar-refractivity contribution in [2.24, 2.45) is 0 Å². The van der Waals surface area contributed by atoms with E-state index in [-0.39, 0.29) is 0 Å².